The minimum atomic E-state index is -0.348. The Bertz CT molecular complexity index is 1370. The van der Waals surface area contributed by atoms with Crippen molar-refractivity contribution < 1.29 is 4.79 Å². The Hall–Kier alpha value is -3.26. The van der Waals surface area contributed by atoms with Gasteiger partial charge in [-0.25, -0.2) is 0 Å². The summed E-state index contributed by atoms with van der Waals surface area (Å²) in [6, 6.07) is 9.71. The van der Waals surface area contributed by atoms with Gasteiger partial charge < -0.3 is 14.5 Å². The van der Waals surface area contributed by atoms with Crippen molar-refractivity contribution in [1.29, 1.82) is 0 Å². The molecule has 1 aliphatic heterocycles. The molecule has 1 atom stereocenters. The zero-order chi connectivity index (χ0) is 27.6. The summed E-state index contributed by atoms with van der Waals surface area (Å²) in [4.78, 5) is 29.5. The molecule has 2 fully saturated rings. The van der Waals surface area contributed by atoms with Gasteiger partial charge in [-0.1, -0.05) is 39.3 Å². The zero-order valence-electron chi connectivity index (χ0n) is 23.8. The van der Waals surface area contributed by atoms with Crippen molar-refractivity contribution in [2.45, 2.75) is 77.8 Å². The van der Waals surface area contributed by atoms with Gasteiger partial charge in [-0.05, 0) is 78.8 Å². The summed E-state index contributed by atoms with van der Waals surface area (Å²) in [7, 11) is 1.94. The molecular weight excluding hydrogens is 488 g/mol. The number of nitrogens with zero attached hydrogens (tertiary/aromatic N) is 5. The average molecular weight is 531 g/mol. The molecule has 5 rings (SSSR count). The second-order valence-corrected chi connectivity index (χ2v) is 12.5. The van der Waals surface area contributed by atoms with Gasteiger partial charge in [-0.3, -0.25) is 14.5 Å². The first kappa shape index (κ1) is 27.3. The molecule has 1 N–H and O–H groups in total. The fourth-order valence-corrected chi connectivity index (χ4v) is 5.91. The first-order valence-electron chi connectivity index (χ1n) is 14.4. The fraction of sp³-hybridized carbons (Fsp3) is 0.548. The monoisotopic (exact) mass is 530 g/mol. The molecule has 0 bridgehead atoms. The van der Waals surface area contributed by atoms with E-state index in [2.05, 4.69) is 47.3 Å². The van der Waals surface area contributed by atoms with Crippen LogP contribution in [0.3, 0.4) is 0 Å². The van der Waals surface area contributed by atoms with Gasteiger partial charge in [0.05, 0.1) is 0 Å². The zero-order valence-corrected chi connectivity index (χ0v) is 23.8. The third-order valence-electron chi connectivity index (χ3n) is 8.52. The summed E-state index contributed by atoms with van der Waals surface area (Å²) in [6.45, 7) is 10.2. The van der Waals surface area contributed by atoms with Crippen LogP contribution < -0.4 is 10.9 Å². The molecule has 1 saturated heterocycles. The Kier molecular flexibility index (Phi) is 8.03. The molecule has 8 nitrogen and oxygen atoms in total. The maximum Gasteiger partial charge on any atom is 0.263 e. The van der Waals surface area contributed by atoms with Crippen LogP contribution in [0.4, 0.5) is 5.69 Å². The number of hydrogen-bond acceptors (Lipinski definition) is 5. The van der Waals surface area contributed by atoms with E-state index in [1.165, 1.54) is 19.3 Å². The van der Waals surface area contributed by atoms with E-state index < -0.39 is 0 Å². The predicted molar refractivity (Wildman–Crippen MR) is 154 cm³/mol. The van der Waals surface area contributed by atoms with Crippen LogP contribution in [-0.2, 0) is 32.0 Å². The first-order chi connectivity index (χ1) is 18.7. The number of aryl methyl sites for hydroxylation is 1. The van der Waals surface area contributed by atoms with E-state index in [1.54, 1.807) is 10.9 Å². The molecule has 2 aromatic heterocycles. The molecule has 39 heavy (non-hydrogen) atoms. The number of nitrogens with one attached hydrogen (secondary N) is 1. The smallest absolute Gasteiger partial charge is 0.263 e. The van der Waals surface area contributed by atoms with Gasteiger partial charge in [0, 0.05) is 45.0 Å². The van der Waals surface area contributed by atoms with Crippen molar-refractivity contribution in [1.82, 2.24) is 24.2 Å². The van der Waals surface area contributed by atoms with Crippen molar-refractivity contribution in [2.75, 3.05) is 18.4 Å². The molecule has 0 unspecified atom stereocenters. The van der Waals surface area contributed by atoms with Crippen molar-refractivity contribution in [3.63, 3.8) is 0 Å². The highest BCUT2D eigenvalue weighted by molar-refractivity contribution is 6.04. The highest BCUT2D eigenvalue weighted by Gasteiger charge is 2.25. The molecule has 0 radical (unpaired) electrons. The lowest BCUT2D eigenvalue weighted by atomic mass is 9.81. The average Bonchev–Trinajstić information content (AvgIpc) is 3.26. The van der Waals surface area contributed by atoms with Crippen LogP contribution in [0.25, 0.3) is 0 Å². The van der Waals surface area contributed by atoms with Gasteiger partial charge in [0.1, 0.15) is 17.7 Å². The van der Waals surface area contributed by atoms with Gasteiger partial charge in [0.25, 0.3) is 11.5 Å². The van der Waals surface area contributed by atoms with E-state index in [-0.39, 0.29) is 22.4 Å². The van der Waals surface area contributed by atoms with Crippen molar-refractivity contribution in [3.05, 3.63) is 75.7 Å². The normalized spacial score (nSPS) is 18.6. The predicted octanol–water partition coefficient (Wildman–Crippen LogP) is 4.78. The Balaban J connectivity index is 1.38. The molecule has 1 amide bonds. The summed E-state index contributed by atoms with van der Waals surface area (Å²) < 4.78 is 3.72. The minimum Gasteiger partial charge on any atom is -0.322 e. The van der Waals surface area contributed by atoms with Gasteiger partial charge in [0.2, 0.25) is 0 Å². The molecule has 1 aromatic carbocycles. The number of piperidine rings is 1. The van der Waals surface area contributed by atoms with Crippen molar-refractivity contribution >= 4 is 11.6 Å². The summed E-state index contributed by atoms with van der Waals surface area (Å²) in [5.74, 6) is 1.75. The second kappa shape index (κ2) is 11.5. The standard InChI is InChI=1S/C31H42N6O2/c1-22-8-7-13-36(17-22)18-24-14-27(30(39)37(20-24)19-23-9-5-10-23)29(38)33-26-12-6-11-25(15-26)31(2,3)16-28-34-32-21-35(28)4/h6,11-12,14-15,20-23H,5,7-10,13,16-19H2,1-4H3,(H,33,38)/t22-/m0/s1. The Morgan fingerprint density at radius 2 is 1.97 bits per heavy atom. The van der Waals surface area contributed by atoms with Crippen LogP contribution in [0.1, 0.15) is 80.2 Å². The maximum absolute atomic E-state index is 13.6. The maximum atomic E-state index is 13.6. The van der Waals surface area contributed by atoms with Crippen LogP contribution in [-0.4, -0.2) is 43.2 Å². The van der Waals surface area contributed by atoms with Gasteiger partial charge in [-0.2, -0.15) is 0 Å². The third-order valence-corrected chi connectivity index (χ3v) is 8.52. The van der Waals surface area contributed by atoms with Gasteiger partial charge in [-0.15, -0.1) is 10.2 Å². The largest absolute Gasteiger partial charge is 0.322 e. The molecule has 3 heterocycles. The van der Waals surface area contributed by atoms with E-state index in [0.717, 1.165) is 49.4 Å². The summed E-state index contributed by atoms with van der Waals surface area (Å²) in [5.41, 5.74) is 2.60. The van der Waals surface area contributed by atoms with Crippen molar-refractivity contribution in [3.8, 4) is 0 Å². The van der Waals surface area contributed by atoms with Crippen molar-refractivity contribution in [2.24, 2.45) is 18.9 Å². The van der Waals surface area contributed by atoms with Crippen LogP contribution >= 0.6 is 0 Å². The lowest BCUT2D eigenvalue weighted by molar-refractivity contribution is 0.102. The quantitative estimate of drug-likeness (QED) is 0.430. The van der Waals surface area contributed by atoms with Crippen LogP contribution in [0.2, 0.25) is 0 Å². The number of amides is 1. The van der Waals surface area contributed by atoms with E-state index in [0.29, 0.717) is 30.5 Å². The van der Waals surface area contributed by atoms with Crippen LogP contribution in [0, 0.1) is 11.8 Å². The Labute approximate surface area is 231 Å². The number of hydrogen-bond donors (Lipinski definition) is 1. The highest BCUT2D eigenvalue weighted by Crippen LogP contribution is 2.30. The number of pyridine rings is 1. The topological polar surface area (TPSA) is 85.1 Å². The lowest BCUT2D eigenvalue weighted by Gasteiger charge is -2.31. The SMILES string of the molecule is C[C@H]1CCCN(Cc2cc(C(=O)Nc3cccc(C(C)(C)Cc4nncn4C)c3)c(=O)n(CC3CCC3)c2)C1. The first-order valence-corrected chi connectivity index (χ1v) is 14.4. The number of rotatable bonds is 9. The number of carbonyl (C=O) groups is 1. The van der Waals surface area contributed by atoms with E-state index in [4.69, 9.17) is 0 Å². The minimum absolute atomic E-state index is 0.200. The Morgan fingerprint density at radius 1 is 1.15 bits per heavy atom. The third kappa shape index (κ3) is 6.49. The molecule has 208 valence electrons. The molecule has 1 aliphatic carbocycles. The highest BCUT2D eigenvalue weighted by atomic mass is 16.2. The summed E-state index contributed by atoms with van der Waals surface area (Å²) in [5, 5.41) is 11.3. The Morgan fingerprint density at radius 3 is 2.67 bits per heavy atom. The molecule has 8 heteroatoms. The fourth-order valence-electron chi connectivity index (χ4n) is 5.91. The van der Waals surface area contributed by atoms with Gasteiger partial charge >= 0.3 is 0 Å². The summed E-state index contributed by atoms with van der Waals surface area (Å²) in [6.07, 6.45) is 10.4. The van der Waals surface area contributed by atoms with E-state index in [9.17, 15) is 9.59 Å². The van der Waals surface area contributed by atoms with E-state index in [1.807, 2.05) is 42.1 Å². The number of benzene rings is 1. The molecule has 0 spiro atoms. The van der Waals surface area contributed by atoms with Gasteiger partial charge in [0.15, 0.2) is 0 Å². The molecule has 1 saturated carbocycles. The lowest BCUT2D eigenvalue weighted by Crippen LogP contribution is -2.36. The number of carbonyl (C=O) groups excluding carboxylic acids is 1. The number of anilines is 1. The molecule has 2 aliphatic rings. The molecular formula is C31H42N6O2. The second-order valence-electron chi connectivity index (χ2n) is 12.5. The van der Waals surface area contributed by atoms with E-state index >= 15 is 0 Å². The number of likely N-dealkylation sites (tertiary alicyclic amines) is 1. The molecule has 3 aromatic rings. The summed E-state index contributed by atoms with van der Waals surface area (Å²) >= 11 is 0. The number of aromatic nitrogens is 4. The van der Waals surface area contributed by atoms with Crippen LogP contribution in [0.15, 0.2) is 47.7 Å². The van der Waals surface area contributed by atoms with Crippen LogP contribution in [0.5, 0.6) is 0 Å².